The van der Waals surface area contributed by atoms with Crippen LogP contribution in [0.5, 0.6) is 0 Å². The number of carbonyl (C=O) groups is 2. The Hall–Kier alpha value is -2.83. The van der Waals surface area contributed by atoms with Crippen LogP contribution < -0.4 is 0 Å². The third kappa shape index (κ3) is 4.25. The number of ether oxygens (including phenoxy) is 2. The number of hydrogen-bond donors (Lipinski definition) is 0. The summed E-state index contributed by atoms with van der Waals surface area (Å²) >= 11 is 6.47. The first kappa shape index (κ1) is 22.4. The Balaban J connectivity index is 1.93. The molecule has 7 heteroatoms. The first-order valence-corrected chi connectivity index (χ1v) is 11.3. The topological polar surface area (TPSA) is 60.8 Å². The molecule has 168 valence electrons. The molecule has 1 saturated heterocycles. The van der Waals surface area contributed by atoms with E-state index in [2.05, 4.69) is 11.5 Å². The monoisotopic (exact) mass is 454 g/mol. The Morgan fingerprint density at radius 3 is 2.56 bits per heavy atom. The number of aromatic nitrogens is 1. The zero-order valence-electron chi connectivity index (χ0n) is 18.4. The molecule has 1 amide bonds. The molecule has 2 heterocycles. The lowest BCUT2D eigenvalue weighted by Crippen LogP contribution is -2.41. The number of fused-ring (bicyclic) bond motifs is 1. The van der Waals surface area contributed by atoms with Gasteiger partial charge in [-0.2, -0.15) is 0 Å². The van der Waals surface area contributed by atoms with Crippen LogP contribution in [0.4, 0.5) is 0 Å². The largest absolute Gasteiger partial charge is 0.465 e. The van der Waals surface area contributed by atoms with Crippen molar-refractivity contribution >= 4 is 34.4 Å². The van der Waals surface area contributed by atoms with Crippen molar-refractivity contribution < 1.29 is 19.1 Å². The van der Waals surface area contributed by atoms with Gasteiger partial charge in [0.15, 0.2) is 0 Å². The predicted molar refractivity (Wildman–Crippen MR) is 125 cm³/mol. The van der Waals surface area contributed by atoms with E-state index in [4.69, 9.17) is 21.1 Å². The van der Waals surface area contributed by atoms with E-state index in [1.807, 2.05) is 41.3 Å². The molecule has 0 unspecified atom stereocenters. The average Bonchev–Trinajstić information content (AvgIpc) is 3.12. The fourth-order valence-corrected chi connectivity index (χ4v) is 4.48. The second-order valence-electron chi connectivity index (χ2n) is 7.88. The summed E-state index contributed by atoms with van der Waals surface area (Å²) in [6.07, 6.45) is 1.62. The number of halogens is 1. The molecule has 0 atom stereocenters. The highest BCUT2D eigenvalue weighted by Crippen LogP contribution is 2.32. The number of morpholine rings is 1. The minimum atomic E-state index is -0.407. The summed E-state index contributed by atoms with van der Waals surface area (Å²) in [5, 5.41) is 1.51. The van der Waals surface area contributed by atoms with E-state index in [0.717, 1.165) is 35.0 Å². The number of benzene rings is 2. The highest BCUT2D eigenvalue weighted by Gasteiger charge is 2.28. The Kier molecular flexibility index (Phi) is 6.82. The molecule has 0 aliphatic carbocycles. The molecule has 3 aromatic rings. The van der Waals surface area contributed by atoms with Crippen LogP contribution in [0.25, 0.3) is 10.9 Å². The zero-order valence-corrected chi connectivity index (χ0v) is 19.2. The number of esters is 1. The van der Waals surface area contributed by atoms with Crippen LogP contribution in [-0.2, 0) is 22.4 Å². The molecule has 1 aromatic heterocycles. The fourth-order valence-electron chi connectivity index (χ4n) is 4.28. The van der Waals surface area contributed by atoms with Crippen LogP contribution in [0.3, 0.4) is 0 Å². The van der Waals surface area contributed by atoms with Crippen molar-refractivity contribution in [3.8, 4) is 0 Å². The lowest BCUT2D eigenvalue weighted by atomic mass is 10.0. The maximum absolute atomic E-state index is 13.7. The molecular weight excluding hydrogens is 428 g/mol. The van der Waals surface area contributed by atoms with Gasteiger partial charge in [-0.05, 0) is 30.2 Å². The lowest BCUT2D eigenvalue weighted by Gasteiger charge is -2.27. The van der Waals surface area contributed by atoms with Gasteiger partial charge in [0.25, 0.3) is 5.91 Å². The Bertz CT molecular complexity index is 1150. The maximum atomic E-state index is 13.7. The summed E-state index contributed by atoms with van der Waals surface area (Å²) in [6, 6.07) is 13.1. The highest BCUT2D eigenvalue weighted by molar-refractivity contribution is 6.31. The van der Waals surface area contributed by atoms with E-state index in [1.165, 1.54) is 7.11 Å². The normalized spacial score (nSPS) is 14.0. The minimum Gasteiger partial charge on any atom is -0.465 e. The molecule has 6 nitrogen and oxygen atoms in total. The van der Waals surface area contributed by atoms with Crippen LogP contribution >= 0.6 is 11.6 Å². The molecule has 0 radical (unpaired) electrons. The van der Waals surface area contributed by atoms with Gasteiger partial charge in [-0.1, -0.05) is 49.2 Å². The van der Waals surface area contributed by atoms with Gasteiger partial charge in [-0.15, -0.1) is 0 Å². The number of rotatable bonds is 6. The average molecular weight is 455 g/mol. The van der Waals surface area contributed by atoms with Crippen molar-refractivity contribution in [1.29, 1.82) is 0 Å². The Labute approximate surface area is 192 Å². The minimum absolute atomic E-state index is 0.00507. The molecule has 0 N–H and O–H groups in total. The molecule has 1 fully saturated rings. The van der Waals surface area contributed by atoms with Crippen molar-refractivity contribution in [3.05, 3.63) is 69.9 Å². The molecule has 4 rings (SSSR count). The van der Waals surface area contributed by atoms with Crippen molar-refractivity contribution in [2.24, 2.45) is 0 Å². The second-order valence-corrected chi connectivity index (χ2v) is 8.28. The van der Waals surface area contributed by atoms with Crippen molar-refractivity contribution in [2.75, 3.05) is 33.4 Å². The van der Waals surface area contributed by atoms with Crippen LogP contribution in [0.15, 0.2) is 42.5 Å². The molecule has 1 aliphatic heterocycles. The van der Waals surface area contributed by atoms with Crippen LogP contribution in [-0.4, -0.2) is 54.8 Å². The first-order valence-electron chi connectivity index (χ1n) is 10.9. The standard InChI is InChI=1S/C25H27ClN2O4/c1-3-6-21-23(24(29)27-11-13-32-14-12-27)19-10-9-17(25(30)31-2)15-22(19)28(21)16-18-7-4-5-8-20(18)26/h4-5,7-10,15H,3,6,11-14,16H2,1-2H3. The highest BCUT2D eigenvalue weighted by atomic mass is 35.5. The van der Waals surface area contributed by atoms with Gasteiger partial charge in [0, 0.05) is 35.7 Å². The van der Waals surface area contributed by atoms with Gasteiger partial charge in [0.05, 0.1) is 37.0 Å². The van der Waals surface area contributed by atoms with Crippen molar-refractivity contribution in [2.45, 2.75) is 26.3 Å². The summed E-state index contributed by atoms with van der Waals surface area (Å²) < 4.78 is 12.5. The third-order valence-electron chi connectivity index (χ3n) is 5.88. The van der Waals surface area contributed by atoms with Gasteiger partial charge < -0.3 is 18.9 Å². The Morgan fingerprint density at radius 1 is 1.12 bits per heavy atom. The first-order chi connectivity index (χ1) is 15.5. The lowest BCUT2D eigenvalue weighted by molar-refractivity contribution is 0.0303. The van der Waals surface area contributed by atoms with Gasteiger partial charge in [-0.25, -0.2) is 4.79 Å². The van der Waals surface area contributed by atoms with E-state index >= 15 is 0 Å². The zero-order chi connectivity index (χ0) is 22.7. The van der Waals surface area contributed by atoms with Gasteiger partial charge >= 0.3 is 5.97 Å². The smallest absolute Gasteiger partial charge is 0.337 e. The van der Waals surface area contributed by atoms with E-state index in [0.29, 0.717) is 49.0 Å². The molecule has 0 spiro atoms. The maximum Gasteiger partial charge on any atom is 0.337 e. The summed E-state index contributed by atoms with van der Waals surface area (Å²) in [6.45, 7) is 4.83. The number of nitrogens with zero attached hydrogens (tertiary/aromatic N) is 2. The molecule has 1 aliphatic rings. The number of carbonyl (C=O) groups excluding carboxylic acids is 2. The number of methoxy groups -OCH3 is 1. The van der Waals surface area contributed by atoms with Crippen LogP contribution in [0.2, 0.25) is 5.02 Å². The number of amides is 1. The summed E-state index contributed by atoms with van der Waals surface area (Å²) in [4.78, 5) is 27.7. The predicted octanol–water partition coefficient (Wildman–Crippen LogP) is 4.55. The van der Waals surface area contributed by atoms with Crippen molar-refractivity contribution in [1.82, 2.24) is 9.47 Å². The molecular formula is C25H27ClN2O4. The summed E-state index contributed by atoms with van der Waals surface area (Å²) in [5.74, 6) is -0.402. The summed E-state index contributed by atoms with van der Waals surface area (Å²) in [7, 11) is 1.37. The number of hydrogen-bond acceptors (Lipinski definition) is 4. The quantitative estimate of drug-likeness (QED) is 0.512. The van der Waals surface area contributed by atoms with Crippen LogP contribution in [0, 0.1) is 0 Å². The Morgan fingerprint density at radius 2 is 1.88 bits per heavy atom. The van der Waals surface area contributed by atoms with E-state index in [1.54, 1.807) is 6.07 Å². The van der Waals surface area contributed by atoms with Crippen molar-refractivity contribution in [3.63, 3.8) is 0 Å². The second kappa shape index (κ2) is 9.76. The molecule has 32 heavy (non-hydrogen) atoms. The van der Waals surface area contributed by atoms with Gasteiger partial charge in [0.2, 0.25) is 0 Å². The SMILES string of the molecule is CCCc1c(C(=O)N2CCOCC2)c2ccc(C(=O)OC)cc2n1Cc1ccccc1Cl. The van der Waals surface area contributed by atoms with Crippen LogP contribution in [0.1, 0.15) is 45.3 Å². The molecule has 2 aromatic carbocycles. The van der Waals surface area contributed by atoms with Gasteiger partial charge in [0.1, 0.15) is 0 Å². The van der Waals surface area contributed by atoms with E-state index < -0.39 is 5.97 Å². The fraction of sp³-hybridized carbons (Fsp3) is 0.360. The molecule has 0 saturated carbocycles. The third-order valence-corrected chi connectivity index (χ3v) is 6.25. The van der Waals surface area contributed by atoms with E-state index in [-0.39, 0.29) is 5.91 Å². The van der Waals surface area contributed by atoms with E-state index in [9.17, 15) is 9.59 Å². The summed E-state index contributed by atoms with van der Waals surface area (Å²) in [5.41, 5.74) is 3.89. The van der Waals surface area contributed by atoms with Gasteiger partial charge in [-0.3, -0.25) is 4.79 Å². The molecule has 0 bridgehead atoms.